The second-order valence-electron chi connectivity index (χ2n) is 4.77. The number of benzene rings is 1. The number of fused-ring (bicyclic) bond motifs is 2. The number of nitrogens with zero attached hydrogens (tertiary/aromatic N) is 1. The Hall–Kier alpha value is -1.71. The zero-order valence-corrected chi connectivity index (χ0v) is 10.0. The summed E-state index contributed by atoms with van der Waals surface area (Å²) in [4.78, 5) is 13.7. The van der Waals surface area contributed by atoms with Crippen LogP contribution >= 0.6 is 0 Å². The molecule has 2 aliphatic rings. The molecule has 2 aliphatic heterocycles. The lowest BCUT2D eigenvalue weighted by molar-refractivity contribution is -0.133. The molecule has 0 aromatic heterocycles. The van der Waals surface area contributed by atoms with E-state index in [-0.39, 0.29) is 11.8 Å². The molecule has 3 rings (SSSR count). The molecule has 0 spiro atoms. The van der Waals surface area contributed by atoms with Gasteiger partial charge in [-0.25, -0.2) is 0 Å². The van der Waals surface area contributed by atoms with Crippen molar-refractivity contribution in [3.05, 3.63) is 23.3 Å². The molecule has 0 bridgehead atoms. The summed E-state index contributed by atoms with van der Waals surface area (Å²) in [6.45, 7) is 2.91. The Morgan fingerprint density at radius 1 is 1.24 bits per heavy atom. The van der Waals surface area contributed by atoms with Crippen LogP contribution in [0, 0.1) is 5.92 Å². The standard InChI is InChI=1S/C13H15NO3/c1-8-3-9-4-11-12(17-7-16-11)5-10(9)6-14(2)13(8)15/h4-5,8H,3,6-7H2,1-2H3. The maximum absolute atomic E-state index is 11.9. The van der Waals surface area contributed by atoms with Gasteiger partial charge in [0, 0.05) is 19.5 Å². The van der Waals surface area contributed by atoms with Crippen LogP contribution in [0.15, 0.2) is 12.1 Å². The Morgan fingerprint density at radius 3 is 2.59 bits per heavy atom. The molecule has 0 radical (unpaired) electrons. The van der Waals surface area contributed by atoms with Crippen LogP contribution in [0.5, 0.6) is 11.5 Å². The maximum atomic E-state index is 11.9. The second-order valence-corrected chi connectivity index (χ2v) is 4.77. The lowest BCUT2D eigenvalue weighted by Gasteiger charge is -2.16. The minimum absolute atomic E-state index is 0.0293. The van der Waals surface area contributed by atoms with Gasteiger partial charge >= 0.3 is 0 Å². The minimum Gasteiger partial charge on any atom is -0.454 e. The van der Waals surface area contributed by atoms with Crippen LogP contribution in [0.4, 0.5) is 0 Å². The van der Waals surface area contributed by atoms with Gasteiger partial charge in [0.25, 0.3) is 0 Å². The average Bonchev–Trinajstić information content (AvgIpc) is 2.71. The third-order valence-corrected chi connectivity index (χ3v) is 3.43. The van der Waals surface area contributed by atoms with Crippen LogP contribution < -0.4 is 9.47 Å². The molecule has 1 unspecified atom stereocenters. The molecule has 4 heteroatoms. The predicted octanol–water partition coefficient (Wildman–Crippen LogP) is 1.57. The van der Waals surface area contributed by atoms with Crippen LogP contribution in [-0.4, -0.2) is 24.6 Å². The average molecular weight is 233 g/mol. The molecule has 0 saturated heterocycles. The van der Waals surface area contributed by atoms with E-state index in [0.717, 1.165) is 23.5 Å². The highest BCUT2D eigenvalue weighted by Crippen LogP contribution is 2.37. The molecular formula is C13H15NO3. The van der Waals surface area contributed by atoms with Crippen molar-refractivity contribution in [3.63, 3.8) is 0 Å². The van der Waals surface area contributed by atoms with Gasteiger partial charge in [0.15, 0.2) is 11.5 Å². The van der Waals surface area contributed by atoms with E-state index >= 15 is 0 Å². The summed E-state index contributed by atoms with van der Waals surface area (Å²) in [5.41, 5.74) is 2.36. The Labute approximate surface area is 100 Å². The summed E-state index contributed by atoms with van der Waals surface area (Å²) in [5, 5.41) is 0. The largest absolute Gasteiger partial charge is 0.454 e. The molecule has 17 heavy (non-hydrogen) atoms. The van der Waals surface area contributed by atoms with Gasteiger partial charge in [-0.15, -0.1) is 0 Å². The maximum Gasteiger partial charge on any atom is 0.231 e. The van der Waals surface area contributed by atoms with Crippen molar-refractivity contribution in [2.75, 3.05) is 13.8 Å². The fourth-order valence-electron chi connectivity index (χ4n) is 2.49. The third-order valence-electron chi connectivity index (χ3n) is 3.43. The van der Waals surface area contributed by atoms with Gasteiger partial charge in [-0.05, 0) is 29.7 Å². The van der Waals surface area contributed by atoms with Gasteiger partial charge in [0.2, 0.25) is 12.7 Å². The van der Waals surface area contributed by atoms with E-state index in [1.165, 1.54) is 5.56 Å². The van der Waals surface area contributed by atoms with Crippen molar-refractivity contribution in [2.24, 2.45) is 5.92 Å². The normalized spacial score (nSPS) is 22.4. The third kappa shape index (κ3) is 1.64. The van der Waals surface area contributed by atoms with Crippen molar-refractivity contribution in [2.45, 2.75) is 19.9 Å². The first-order valence-corrected chi connectivity index (χ1v) is 5.81. The van der Waals surface area contributed by atoms with E-state index < -0.39 is 0 Å². The van der Waals surface area contributed by atoms with Crippen LogP contribution in [0.3, 0.4) is 0 Å². The zero-order valence-electron chi connectivity index (χ0n) is 10.0. The number of hydrogen-bond acceptors (Lipinski definition) is 3. The number of carbonyl (C=O) groups is 1. The SMILES string of the molecule is CC1Cc2cc3c(cc2CN(C)C1=O)OCO3. The number of rotatable bonds is 0. The Morgan fingerprint density at radius 2 is 1.88 bits per heavy atom. The monoisotopic (exact) mass is 233 g/mol. The number of amides is 1. The summed E-state index contributed by atoms with van der Waals surface area (Å²) in [7, 11) is 1.85. The highest BCUT2D eigenvalue weighted by atomic mass is 16.7. The summed E-state index contributed by atoms with van der Waals surface area (Å²) >= 11 is 0. The predicted molar refractivity (Wildman–Crippen MR) is 61.9 cm³/mol. The molecule has 0 fully saturated rings. The molecule has 90 valence electrons. The second kappa shape index (κ2) is 3.65. The van der Waals surface area contributed by atoms with E-state index in [1.54, 1.807) is 4.90 Å². The van der Waals surface area contributed by atoms with Crippen LogP contribution in [0.25, 0.3) is 0 Å². The molecule has 1 amide bonds. The van der Waals surface area contributed by atoms with Gasteiger partial charge in [-0.1, -0.05) is 6.92 Å². The summed E-state index contributed by atoms with van der Waals surface area (Å²) in [5.74, 6) is 1.82. The van der Waals surface area contributed by atoms with Gasteiger partial charge in [-0.3, -0.25) is 4.79 Å². The smallest absolute Gasteiger partial charge is 0.231 e. The van der Waals surface area contributed by atoms with Gasteiger partial charge < -0.3 is 14.4 Å². The summed E-state index contributed by atoms with van der Waals surface area (Å²) in [6, 6.07) is 4.01. The molecular weight excluding hydrogens is 218 g/mol. The first-order valence-electron chi connectivity index (χ1n) is 5.81. The van der Waals surface area contributed by atoms with E-state index in [4.69, 9.17) is 9.47 Å². The first-order chi connectivity index (χ1) is 8.15. The van der Waals surface area contributed by atoms with Crippen molar-refractivity contribution in [1.82, 2.24) is 4.90 Å². The molecule has 2 heterocycles. The fraction of sp³-hybridized carbons (Fsp3) is 0.462. The molecule has 0 aliphatic carbocycles. The molecule has 1 aromatic rings. The number of hydrogen-bond donors (Lipinski definition) is 0. The van der Waals surface area contributed by atoms with Crippen LogP contribution in [0.2, 0.25) is 0 Å². The molecule has 1 aromatic carbocycles. The van der Waals surface area contributed by atoms with Gasteiger partial charge in [-0.2, -0.15) is 0 Å². The van der Waals surface area contributed by atoms with Crippen molar-refractivity contribution in [3.8, 4) is 11.5 Å². The lowest BCUT2D eigenvalue weighted by Crippen LogP contribution is -2.29. The Balaban J connectivity index is 2.05. The topological polar surface area (TPSA) is 38.8 Å². The zero-order chi connectivity index (χ0) is 12.0. The van der Waals surface area contributed by atoms with Gasteiger partial charge in [0.05, 0.1) is 0 Å². The minimum atomic E-state index is 0.0293. The van der Waals surface area contributed by atoms with Gasteiger partial charge in [0.1, 0.15) is 0 Å². The molecule has 0 N–H and O–H groups in total. The first kappa shape index (κ1) is 10.4. The fourth-order valence-corrected chi connectivity index (χ4v) is 2.49. The van der Waals surface area contributed by atoms with Crippen molar-refractivity contribution < 1.29 is 14.3 Å². The Kier molecular flexibility index (Phi) is 2.24. The summed E-state index contributed by atoms with van der Waals surface area (Å²) < 4.78 is 10.7. The molecule has 0 saturated carbocycles. The van der Waals surface area contributed by atoms with E-state index in [9.17, 15) is 4.79 Å². The van der Waals surface area contributed by atoms with E-state index in [0.29, 0.717) is 13.3 Å². The highest BCUT2D eigenvalue weighted by Gasteiger charge is 2.26. The van der Waals surface area contributed by atoms with Crippen LogP contribution in [-0.2, 0) is 17.8 Å². The van der Waals surface area contributed by atoms with E-state index in [1.807, 2.05) is 26.1 Å². The van der Waals surface area contributed by atoms with Crippen molar-refractivity contribution in [1.29, 1.82) is 0 Å². The summed E-state index contributed by atoms with van der Waals surface area (Å²) in [6.07, 6.45) is 0.773. The highest BCUT2D eigenvalue weighted by molar-refractivity contribution is 5.79. The number of carbonyl (C=O) groups excluding carboxylic acids is 1. The quantitative estimate of drug-likeness (QED) is 0.682. The van der Waals surface area contributed by atoms with Crippen LogP contribution in [0.1, 0.15) is 18.1 Å². The van der Waals surface area contributed by atoms with E-state index in [2.05, 4.69) is 0 Å². The molecule has 1 atom stereocenters. The number of ether oxygens (including phenoxy) is 2. The lowest BCUT2D eigenvalue weighted by atomic mass is 9.98. The molecule has 4 nitrogen and oxygen atoms in total. The Bertz CT molecular complexity index is 443. The van der Waals surface area contributed by atoms with Crippen molar-refractivity contribution >= 4 is 5.91 Å².